The lowest BCUT2D eigenvalue weighted by Gasteiger charge is -2.31. The number of fused-ring (bicyclic) bond motifs is 1. The second-order valence-corrected chi connectivity index (χ2v) is 7.57. The second-order valence-electron chi connectivity index (χ2n) is 7.57. The van der Waals surface area contributed by atoms with Gasteiger partial charge in [0.15, 0.2) is 0 Å². The van der Waals surface area contributed by atoms with Crippen LogP contribution in [0.4, 0.5) is 0 Å². The molecular weight excluding hydrogens is 352 g/mol. The fourth-order valence-electron chi connectivity index (χ4n) is 3.88. The molecule has 0 radical (unpaired) electrons. The van der Waals surface area contributed by atoms with Crippen molar-refractivity contribution in [3.8, 4) is 0 Å². The van der Waals surface area contributed by atoms with Crippen molar-refractivity contribution < 1.29 is 4.79 Å². The lowest BCUT2D eigenvalue weighted by Crippen LogP contribution is -2.42. The monoisotopic (exact) mass is 376 g/mol. The van der Waals surface area contributed by atoms with Gasteiger partial charge in [0.2, 0.25) is 5.91 Å². The van der Waals surface area contributed by atoms with Crippen molar-refractivity contribution in [3.63, 3.8) is 0 Å². The molecular formula is C22H24N4O2. The van der Waals surface area contributed by atoms with Gasteiger partial charge in [0.05, 0.1) is 11.1 Å². The summed E-state index contributed by atoms with van der Waals surface area (Å²) in [5.41, 5.74) is 1.64. The Morgan fingerprint density at radius 1 is 1.14 bits per heavy atom. The average molecular weight is 376 g/mol. The van der Waals surface area contributed by atoms with E-state index in [9.17, 15) is 9.59 Å². The first-order chi connectivity index (χ1) is 13.6. The Balaban J connectivity index is 1.69. The molecule has 0 aliphatic carbocycles. The largest absolute Gasteiger partial charge is 0.341 e. The van der Waals surface area contributed by atoms with Gasteiger partial charge in [-0.1, -0.05) is 25.1 Å². The maximum absolute atomic E-state index is 12.9. The van der Waals surface area contributed by atoms with Crippen molar-refractivity contribution in [2.24, 2.45) is 5.92 Å². The van der Waals surface area contributed by atoms with Gasteiger partial charge in [0, 0.05) is 37.3 Å². The van der Waals surface area contributed by atoms with Gasteiger partial charge in [-0.25, -0.2) is 4.68 Å². The summed E-state index contributed by atoms with van der Waals surface area (Å²) in [6.07, 6.45) is 6.23. The fourth-order valence-corrected chi connectivity index (χ4v) is 3.88. The zero-order valence-electron chi connectivity index (χ0n) is 16.0. The number of benzene rings is 1. The zero-order valence-corrected chi connectivity index (χ0v) is 16.0. The van der Waals surface area contributed by atoms with Crippen molar-refractivity contribution >= 4 is 16.7 Å². The SMILES string of the molecule is C[C@@H]1CCCN(C(=O)Cn2nc(Cc3ccncc3)c3ccccc3c2=O)C1. The van der Waals surface area contributed by atoms with Crippen molar-refractivity contribution in [1.82, 2.24) is 19.7 Å². The van der Waals surface area contributed by atoms with Crippen molar-refractivity contribution in [1.29, 1.82) is 0 Å². The van der Waals surface area contributed by atoms with E-state index in [4.69, 9.17) is 0 Å². The van der Waals surface area contributed by atoms with E-state index in [1.165, 1.54) is 4.68 Å². The normalized spacial score (nSPS) is 17.0. The lowest BCUT2D eigenvalue weighted by molar-refractivity contribution is -0.133. The van der Waals surface area contributed by atoms with E-state index in [1.54, 1.807) is 18.5 Å². The molecule has 0 N–H and O–H groups in total. The number of pyridine rings is 1. The maximum atomic E-state index is 12.9. The highest BCUT2D eigenvalue weighted by atomic mass is 16.2. The minimum atomic E-state index is -0.215. The highest BCUT2D eigenvalue weighted by Crippen LogP contribution is 2.18. The van der Waals surface area contributed by atoms with Crippen molar-refractivity contribution in [2.45, 2.75) is 32.7 Å². The van der Waals surface area contributed by atoms with Gasteiger partial charge in [-0.3, -0.25) is 14.6 Å². The molecule has 6 nitrogen and oxygen atoms in total. The molecule has 1 saturated heterocycles. The molecule has 4 rings (SSSR count). The minimum absolute atomic E-state index is 0.0142. The molecule has 1 atom stereocenters. The van der Waals surface area contributed by atoms with Crippen LogP contribution in [-0.4, -0.2) is 38.7 Å². The first-order valence-electron chi connectivity index (χ1n) is 9.77. The summed E-state index contributed by atoms with van der Waals surface area (Å²) in [5.74, 6) is 0.465. The van der Waals surface area contributed by atoms with Crippen LogP contribution in [0.1, 0.15) is 31.0 Å². The number of likely N-dealkylation sites (tertiary alicyclic amines) is 1. The van der Waals surface area contributed by atoms with Gasteiger partial charge >= 0.3 is 0 Å². The van der Waals surface area contributed by atoms with E-state index in [0.29, 0.717) is 17.7 Å². The molecule has 0 bridgehead atoms. The number of hydrogen-bond donors (Lipinski definition) is 0. The number of hydrogen-bond acceptors (Lipinski definition) is 4. The van der Waals surface area contributed by atoms with Gasteiger partial charge in [0.1, 0.15) is 6.54 Å². The number of carbonyl (C=O) groups excluding carboxylic acids is 1. The molecule has 1 aromatic carbocycles. The van der Waals surface area contributed by atoms with Gasteiger partial charge in [-0.2, -0.15) is 5.10 Å². The van der Waals surface area contributed by atoms with Gasteiger partial charge in [0.25, 0.3) is 5.56 Å². The molecule has 3 aromatic rings. The van der Waals surface area contributed by atoms with Crippen LogP contribution in [-0.2, 0) is 17.8 Å². The predicted octanol–water partition coefficient (Wildman–Crippen LogP) is 2.64. The van der Waals surface area contributed by atoms with Crippen LogP contribution >= 0.6 is 0 Å². The summed E-state index contributed by atoms with van der Waals surface area (Å²) in [4.78, 5) is 31.6. The molecule has 144 valence electrons. The first kappa shape index (κ1) is 18.3. The molecule has 6 heteroatoms. The molecule has 28 heavy (non-hydrogen) atoms. The molecule has 0 unspecified atom stereocenters. The number of aromatic nitrogens is 3. The minimum Gasteiger partial charge on any atom is -0.341 e. The standard InChI is InChI=1S/C22H24N4O2/c1-16-5-4-12-25(14-16)21(27)15-26-22(28)19-7-3-2-6-18(19)20(24-26)13-17-8-10-23-11-9-17/h2-3,6-11,16H,4-5,12-15H2,1H3/t16-/m1/s1. The zero-order chi connectivity index (χ0) is 19.5. The van der Waals surface area contributed by atoms with Crippen molar-refractivity contribution in [3.05, 3.63) is 70.4 Å². The van der Waals surface area contributed by atoms with Crippen LogP contribution in [0.25, 0.3) is 10.8 Å². The number of nitrogens with zero attached hydrogens (tertiary/aromatic N) is 4. The van der Waals surface area contributed by atoms with E-state index in [-0.39, 0.29) is 18.0 Å². The third kappa shape index (κ3) is 3.81. The smallest absolute Gasteiger partial charge is 0.275 e. The quantitative estimate of drug-likeness (QED) is 0.702. The van der Waals surface area contributed by atoms with E-state index >= 15 is 0 Å². The van der Waals surface area contributed by atoms with Crippen LogP contribution in [0.5, 0.6) is 0 Å². The van der Waals surface area contributed by atoms with E-state index in [2.05, 4.69) is 17.0 Å². The maximum Gasteiger partial charge on any atom is 0.275 e. The van der Waals surface area contributed by atoms with Gasteiger partial charge < -0.3 is 4.90 Å². The third-order valence-corrected chi connectivity index (χ3v) is 5.36. The topological polar surface area (TPSA) is 68.1 Å². The Hall–Kier alpha value is -3.02. The lowest BCUT2D eigenvalue weighted by atomic mass is 10.0. The number of rotatable bonds is 4. The van der Waals surface area contributed by atoms with Crippen LogP contribution < -0.4 is 5.56 Å². The first-order valence-corrected chi connectivity index (χ1v) is 9.77. The Bertz CT molecular complexity index is 1050. The molecule has 0 saturated carbocycles. The summed E-state index contributed by atoms with van der Waals surface area (Å²) in [5, 5.41) is 6.02. The summed E-state index contributed by atoms with van der Waals surface area (Å²) in [6.45, 7) is 3.66. The second kappa shape index (κ2) is 7.92. The summed E-state index contributed by atoms with van der Waals surface area (Å²) in [6, 6.07) is 11.3. The average Bonchev–Trinajstić information content (AvgIpc) is 2.72. The predicted molar refractivity (Wildman–Crippen MR) is 108 cm³/mol. The molecule has 1 aliphatic rings. The number of carbonyl (C=O) groups is 1. The van der Waals surface area contributed by atoms with Crippen molar-refractivity contribution in [2.75, 3.05) is 13.1 Å². The highest BCUT2D eigenvalue weighted by Gasteiger charge is 2.22. The highest BCUT2D eigenvalue weighted by molar-refractivity contribution is 5.84. The molecule has 1 amide bonds. The molecule has 3 heterocycles. The van der Waals surface area contributed by atoms with E-state index in [0.717, 1.165) is 42.6 Å². The Morgan fingerprint density at radius 3 is 2.64 bits per heavy atom. The molecule has 0 spiro atoms. The van der Waals surface area contributed by atoms with Crippen LogP contribution in [0.3, 0.4) is 0 Å². The fraction of sp³-hybridized carbons (Fsp3) is 0.364. The molecule has 2 aromatic heterocycles. The summed E-state index contributed by atoms with van der Waals surface area (Å²) >= 11 is 0. The van der Waals surface area contributed by atoms with E-state index in [1.807, 2.05) is 35.2 Å². The van der Waals surface area contributed by atoms with E-state index < -0.39 is 0 Å². The Labute approximate surface area is 163 Å². The molecule has 1 fully saturated rings. The number of amides is 1. The van der Waals surface area contributed by atoms with Gasteiger partial charge in [-0.05, 0) is 42.5 Å². The Morgan fingerprint density at radius 2 is 1.89 bits per heavy atom. The van der Waals surface area contributed by atoms with Crippen LogP contribution in [0, 0.1) is 5.92 Å². The summed E-state index contributed by atoms with van der Waals surface area (Å²) in [7, 11) is 0. The van der Waals surface area contributed by atoms with Crippen LogP contribution in [0.15, 0.2) is 53.6 Å². The summed E-state index contributed by atoms with van der Waals surface area (Å²) < 4.78 is 1.33. The van der Waals surface area contributed by atoms with Gasteiger partial charge in [-0.15, -0.1) is 0 Å². The van der Waals surface area contributed by atoms with Crippen LogP contribution in [0.2, 0.25) is 0 Å². The molecule has 1 aliphatic heterocycles. The Kier molecular flexibility index (Phi) is 5.19. The number of piperidine rings is 1. The third-order valence-electron chi connectivity index (χ3n) is 5.36.